The van der Waals surface area contributed by atoms with Gasteiger partial charge in [-0.15, -0.1) is 0 Å². The maximum absolute atomic E-state index is 12.3. The van der Waals surface area contributed by atoms with Gasteiger partial charge in [0, 0.05) is 18.7 Å². The van der Waals surface area contributed by atoms with Crippen LogP contribution in [0.15, 0.2) is 29.2 Å². The van der Waals surface area contributed by atoms with Crippen molar-refractivity contribution in [1.82, 2.24) is 10.0 Å². The minimum atomic E-state index is -3.53. The molecule has 3 N–H and O–H groups in total. The molecule has 2 rings (SSSR count). The first kappa shape index (κ1) is 15.9. The average molecular weight is 311 g/mol. The van der Waals surface area contributed by atoms with E-state index in [1.165, 1.54) is 19.1 Å². The number of carbonyl (C=O) groups excluding carboxylic acids is 1. The van der Waals surface area contributed by atoms with Crippen molar-refractivity contribution in [2.45, 2.75) is 31.2 Å². The Morgan fingerprint density at radius 1 is 1.33 bits per heavy atom. The van der Waals surface area contributed by atoms with E-state index in [4.69, 9.17) is 0 Å². The monoisotopic (exact) mass is 311 g/mol. The van der Waals surface area contributed by atoms with Crippen LogP contribution < -0.4 is 15.4 Å². The highest BCUT2D eigenvalue weighted by Gasteiger charge is 2.25. The van der Waals surface area contributed by atoms with Crippen LogP contribution in [0.1, 0.15) is 20.3 Å². The third-order valence-corrected chi connectivity index (χ3v) is 5.21. The van der Waals surface area contributed by atoms with Crippen molar-refractivity contribution in [3.63, 3.8) is 0 Å². The Morgan fingerprint density at radius 2 is 2.00 bits per heavy atom. The lowest BCUT2D eigenvalue weighted by atomic mass is 10.0. The third kappa shape index (κ3) is 4.26. The number of sulfonamides is 1. The summed E-state index contributed by atoms with van der Waals surface area (Å²) >= 11 is 0. The fraction of sp³-hybridized carbons (Fsp3) is 0.500. The van der Waals surface area contributed by atoms with E-state index in [1.807, 2.05) is 6.92 Å². The van der Waals surface area contributed by atoms with Gasteiger partial charge in [0.15, 0.2) is 0 Å². The maximum Gasteiger partial charge on any atom is 0.240 e. The van der Waals surface area contributed by atoms with Gasteiger partial charge in [0.05, 0.1) is 4.90 Å². The summed E-state index contributed by atoms with van der Waals surface area (Å²) in [7, 11) is -3.53. The molecule has 1 heterocycles. The van der Waals surface area contributed by atoms with Gasteiger partial charge < -0.3 is 10.6 Å². The summed E-state index contributed by atoms with van der Waals surface area (Å²) in [6, 6.07) is 6.04. The van der Waals surface area contributed by atoms with Crippen LogP contribution in [0.3, 0.4) is 0 Å². The normalized spacial score (nSPS) is 20.2. The lowest BCUT2D eigenvalue weighted by Gasteiger charge is -2.19. The molecule has 0 aromatic heterocycles. The predicted octanol–water partition coefficient (Wildman–Crippen LogP) is 0.921. The number of nitrogens with one attached hydrogen (secondary N) is 3. The molecule has 1 aromatic rings. The van der Waals surface area contributed by atoms with Gasteiger partial charge in [-0.1, -0.05) is 0 Å². The summed E-state index contributed by atoms with van der Waals surface area (Å²) < 4.78 is 27.3. The first-order valence-electron chi connectivity index (χ1n) is 6.99. The first-order chi connectivity index (χ1) is 9.88. The highest BCUT2D eigenvalue weighted by Crippen LogP contribution is 2.17. The quantitative estimate of drug-likeness (QED) is 0.754. The van der Waals surface area contributed by atoms with Crippen LogP contribution in [-0.2, 0) is 14.8 Å². The zero-order valence-electron chi connectivity index (χ0n) is 12.2. The molecule has 1 fully saturated rings. The molecule has 2 unspecified atom stereocenters. The van der Waals surface area contributed by atoms with E-state index in [0.717, 1.165) is 19.5 Å². The molecule has 0 aliphatic carbocycles. The summed E-state index contributed by atoms with van der Waals surface area (Å²) in [5, 5.41) is 5.84. The molecule has 1 aromatic carbocycles. The van der Waals surface area contributed by atoms with Gasteiger partial charge in [0.2, 0.25) is 15.9 Å². The molecule has 116 valence electrons. The molecule has 1 aliphatic rings. The number of rotatable bonds is 5. The number of hydrogen-bond donors (Lipinski definition) is 3. The first-order valence-corrected chi connectivity index (χ1v) is 8.47. The molecular weight excluding hydrogens is 290 g/mol. The van der Waals surface area contributed by atoms with E-state index in [0.29, 0.717) is 11.6 Å². The van der Waals surface area contributed by atoms with Crippen LogP contribution >= 0.6 is 0 Å². The molecule has 0 bridgehead atoms. The summed E-state index contributed by atoms with van der Waals surface area (Å²) in [5.74, 6) is 0.129. The van der Waals surface area contributed by atoms with Gasteiger partial charge in [0.25, 0.3) is 0 Å². The minimum Gasteiger partial charge on any atom is -0.326 e. The molecule has 21 heavy (non-hydrogen) atoms. The van der Waals surface area contributed by atoms with Gasteiger partial charge in [-0.3, -0.25) is 4.79 Å². The zero-order chi connectivity index (χ0) is 15.5. The van der Waals surface area contributed by atoms with Crippen molar-refractivity contribution in [2.75, 3.05) is 18.4 Å². The van der Waals surface area contributed by atoms with E-state index in [1.54, 1.807) is 12.1 Å². The fourth-order valence-corrected chi connectivity index (χ4v) is 3.75. The van der Waals surface area contributed by atoms with Crippen LogP contribution in [0, 0.1) is 5.92 Å². The van der Waals surface area contributed by atoms with Crippen LogP contribution in [0.25, 0.3) is 0 Å². The highest BCUT2D eigenvalue weighted by atomic mass is 32.2. The number of carbonyl (C=O) groups is 1. The second-order valence-corrected chi connectivity index (χ2v) is 7.08. The zero-order valence-corrected chi connectivity index (χ0v) is 13.0. The standard InChI is InChI=1S/C14H21N3O3S/c1-10(12-7-8-15-9-12)17-21(19,20)14-5-3-13(4-6-14)16-11(2)18/h3-6,10,12,15,17H,7-9H2,1-2H3,(H,16,18). The SMILES string of the molecule is CC(=O)Nc1ccc(S(=O)(=O)NC(C)C2CCNC2)cc1. The van der Waals surface area contributed by atoms with Gasteiger partial charge in [-0.25, -0.2) is 13.1 Å². The van der Waals surface area contributed by atoms with Crippen LogP contribution in [0.2, 0.25) is 0 Å². The van der Waals surface area contributed by atoms with Crippen LogP contribution in [-0.4, -0.2) is 33.5 Å². The average Bonchev–Trinajstić information content (AvgIpc) is 2.92. The molecule has 1 amide bonds. The largest absolute Gasteiger partial charge is 0.326 e. The smallest absolute Gasteiger partial charge is 0.240 e. The molecule has 1 saturated heterocycles. The minimum absolute atomic E-state index is 0.111. The topological polar surface area (TPSA) is 87.3 Å². The Labute approximate surface area is 125 Å². The lowest BCUT2D eigenvalue weighted by Crippen LogP contribution is -2.38. The van der Waals surface area contributed by atoms with Crippen molar-refractivity contribution in [1.29, 1.82) is 0 Å². The Bertz CT molecular complexity index is 592. The van der Waals surface area contributed by atoms with E-state index < -0.39 is 10.0 Å². The van der Waals surface area contributed by atoms with Crippen molar-refractivity contribution in [3.8, 4) is 0 Å². The molecular formula is C14H21N3O3S. The molecule has 1 aliphatic heterocycles. The van der Waals surface area contributed by atoms with Crippen molar-refractivity contribution in [2.24, 2.45) is 5.92 Å². The van der Waals surface area contributed by atoms with Crippen LogP contribution in [0.4, 0.5) is 5.69 Å². The third-order valence-electron chi connectivity index (χ3n) is 3.63. The second kappa shape index (κ2) is 6.55. The Hall–Kier alpha value is -1.44. The van der Waals surface area contributed by atoms with Gasteiger partial charge in [0.1, 0.15) is 0 Å². The molecule has 0 saturated carbocycles. The van der Waals surface area contributed by atoms with Crippen molar-refractivity contribution >= 4 is 21.6 Å². The number of amides is 1. The molecule has 7 heteroatoms. The molecule has 2 atom stereocenters. The predicted molar refractivity (Wildman–Crippen MR) is 81.5 cm³/mol. The second-order valence-electron chi connectivity index (χ2n) is 5.37. The summed E-state index contributed by atoms with van der Waals surface area (Å²) in [6.07, 6.45) is 0.977. The number of hydrogen-bond acceptors (Lipinski definition) is 4. The van der Waals surface area contributed by atoms with Gasteiger partial charge in [-0.2, -0.15) is 0 Å². The number of benzene rings is 1. The summed E-state index contributed by atoms with van der Waals surface area (Å²) in [5.41, 5.74) is 0.578. The number of anilines is 1. The Kier molecular flexibility index (Phi) is 4.97. The summed E-state index contributed by atoms with van der Waals surface area (Å²) in [6.45, 7) is 5.07. The Balaban J connectivity index is 2.06. The van der Waals surface area contributed by atoms with E-state index >= 15 is 0 Å². The lowest BCUT2D eigenvalue weighted by molar-refractivity contribution is -0.114. The molecule has 0 spiro atoms. The fourth-order valence-electron chi connectivity index (χ4n) is 2.43. The van der Waals surface area contributed by atoms with Crippen molar-refractivity contribution < 1.29 is 13.2 Å². The maximum atomic E-state index is 12.3. The highest BCUT2D eigenvalue weighted by molar-refractivity contribution is 7.89. The van der Waals surface area contributed by atoms with E-state index in [-0.39, 0.29) is 16.8 Å². The molecule has 0 radical (unpaired) electrons. The van der Waals surface area contributed by atoms with Gasteiger partial charge in [-0.05, 0) is 56.6 Å². The van der Waals surface area contributed by atoms with Crippen molar-refractivity contribution in [3.05, 3.63) is 24.3 Å². The molecule has 6 nitrogen and oxygen atoms in total. The Morgan fingerprint density at radius 3 is 2.52 bits per heavy atom. The van der Waals surface area contributed by atoms with Crippen LogP contribution in [0.5, 0.6) is 0 Å². The van der Waals surface area contributed by atoms with E-state index in [9.17, 15) is 13.2 Å². The summed E-state index contributed by atoms with van der Waals surface area (Å²) in [4.78, 5) is 11.1. The van der Waals surface area contributed by atoms with Gasteiger partial charge >= 0.3 is 0 Å². The van der Waals surface area contributed by atoms with E-state index in [2.05, 4.69) is 15.4 Å².